The van der Waals surface area contributed by atoms with E-state index >= 15 is 0 Å². The van der Waals surface area contributed by atoms with Gasteiger partial charge in [-0.05, 0) is 38.0 Å². The monoisotopic (exact) mass is 299 g/mol. The van der Waals surface area contributed by atoms with E-state index in [-0.39, 0.29) is 0 Å². The number of hydrogen-bond acceptors (Lipinski definition) is 5. The molecule has 6 heteroatoms. The Hall–Kier alpha value is -2.08. The van der Waals surface area contributed by atoms with Crippen LogP contribution in [-0.2, 0) is 0 Å². The molecule has 2 N–H and O–H groups in total. The summed E-state index contributed by atoms with van der Waals surface area (Å²) in [6.45, 7) is 7.02. The number of benzene rings is 1. The van der Waals surface area contributed by atoms with Gasteiger partial charge < -0.3 is 5.32 Å². The maximum absolute atomic E-state index is 4.61. The largest absolute Gasteiger partial charge is 0.354 e. The van der Waals surface area contributed by atoms with E-state index in [1.807, 2.05) is 6.92 Å². The Kier molecular flexibility index (Phi) is 3.79. The quantitative estimate of drug-likeness (QED) is 0.721. The molecule has 5 nitrogen and oxygen atoms in total. The minimum Gasteiger partial charge on any atom is -0.354 e. The molecule has 2 heterocycles. The highest BCUT2D eigenvalue weighted by Crippen LogP contribution is 2.34. The van der Waals surface area contributed by atoms with Crippen LogP contribution in [0.3, 0.4) is 0 Å². The van der Waals surface area contributed by atoms with E-state index in [1.165, 1.54) is 16.0 Å². The molecule has 108 valence electrons. The first-order valence-electron chi connectivity index (χ1n) is 6.87. The number of hydrogen-bond donors (Lipinski definition) is 2. The van der Waals surface area contributed by atoms with Gasteiger partial charge in [-0.3, -0.25) is 5.10 Å². The second-order valence-corrected chi connectivity index (χ2v) is 5.92. The van der Waals surface area contributed by atoms with Crippen molar-refractivity contribution in [3.8, 4) is 0 Å². The molecule has 2 aromatic heterocycles. The topological polar surface area (TPSA) is 66.5 Å². The Morgan fingerprint density at radius 1 is 1.24 bits per heavy atom. The summed E-state index contributed by atoms with van der Waals surface area (Å²) in [4.78, 5) is 10.2. The van der Waals surface area contributed by atoms with E-state index in [0.29, 0.717) is 5.95 Å². The molecule has 0 aliphatic rings. The van der Waals surface area contributed by atoms with Crippen molar-refractivity contribution in [3.63, 3.8) is 0 Å². The van der Waals surface area contributed by atoms with E-state index < -0.39 is 0 Å². The van der Waals surface area contributed by atoms with Gasteiger partial charge >= 0.3 is 0 Å². The van der Waals surface area contributed by atoms with Crippen LogP contribution in [0.25, 0.3) is 11.0 Å². The number of H-pyrrole nitrogens is 1. The van der Waals surface area contributed by atoms with Gasteiger partial charge in [-0.1, -0.05) is 23.9 Å². The van der Waals surface area contributed by atoms with E-state index in [2.05, 4.69) is 57.5 Å². The first kappa shape index (κ1) is 13.9. The maximum Gasteiger partial charge on any atom is 0.225 e. The zero-order chi connectivity index (χ0) is 14.8. The lowest BCUT2D eigenvalue weighted by Gasteiger charge is -2.08. The number of anilines is 1. The molecule has 0 unspecified atom stereocenters. The normalized spacial score (nSPS) is 11.0. The maximum atomic E-state index is 4.61. The second kappa shape index (κ2) is 5.73. The average Bonchev–Trinajstić information content (AvgIpc) is 2.92. The summed E-state index contributed by atoms with van der Waals surface area (Å²) in [6, 6.07) is 6.44. The molecule has 0 saturated carbocycles. The summed E-state index contributed by atoms with van der Waals surface area (Å²) in [5, 5.41) is 12.0. The lowest BCUT2D eigenvalue weighted by molar-refractivity contribution is 1.03. The van der Waals surface area contributed by atoms with Gasteiger partial charge in [-0.15, -0.1) is 0 Å². The summed E-state index contributed by atoms with van der Waals surface area (Å²) >= 11 is 1.65. The van der Waals surface area contributed by atoms with Crippen LogP contribution in [0.5, 0.6) is 0 Å². The van der Waals surface area contributed by atoms with Crippen LogP contribution in [0, 0.1) is 13.8 Å². The molecule has 0 radical (unpaired) electrons. The van der Waals surface area contributed by atoms with E-state index in [0.717, 1.165) is 22.6 Å². The predicted octanol–water partition coefficient (Wildman–Crippen LogP) is 3.55. The Morgan fingerprint density at radius 3 is 2.90 bits per heavy atom. The number of fused-ring (bicyclic) bond motifs is 1. The standard InChI is InChI=1S/C15H17N5S/c1-4-16-15-18-13-11(8-17-20-13)14(19-15)21-12-7-9(2)5-6-10(12)3/h5-8H,4H2,1-3H3,(H2,16,17,18,19,20). The van der Waals surface area contributed by atoms with Crippen LogP contribution in [0.2, 0.25) is 0 Å². The Balaban J connectivity index is 2.06. The summed E-state index contributed by atoms with van der Waals surface area (Å²) in [5.41, 5.74) is 3.24. The fourth-order valence-electron chi connectivity index (χ4n) is 2.04. The molecule has 3 aromatic rings. The van der Waals surface area contributed by atoms with Gasteiger partial charge in [0.1, 0.15) is 5.03 Å². The van der Waals surface area contributed by atoms with Crippen LogP contribution in [0.1, 0.15) is 18.1 Å². The zero-order valence-corrected chi connectivity index (χ0v) is 13.1. The van der Waals surface area contributed by atoms with Crippen molar-refractivity contribution in [3.05, 3.63) is 35.5 Å². The SMILES string of the molecule is CCNc1nc(Sc2cc(C)ccc2C)c2cn[nH]c2n1. The molecule has 0 aliphatic carbocycles. The Labute approximate surface area is 127 Å². The summed E-state index contributed by atoms with van der Waals surface area (Å²) in [5.74, 6) is 0.627. The van der Waals surface area contributed by atoms with Crippen molar-refractivity contribution >= 4 is 28.7 Å². The molecule has 0 aliphatic heterocycles. The fraction of sp³-hybridized carbons (Fsp3) is 0.267. The number of nitrogens with one attached hydrogen (secondary N) is 2. The van der Waals surface area contributed by atoms with Crippen LogP contribution < -0.4 is 5.32 Å². The summed E-state index contributed by atoms with van der Waals surface area (Å²) < 4.78 is 0. The van der Waals surface area contributed by atoms with E-state index in [1.54, 1.807) is 18.0 Å². The highest BCUT2D eigenvalue weighted by Gasteiger charge is 2.12. The van der Waals surface area contributed by atoms with Crippen LogP contribution in [-0.4, -0.2) is 26.7 Å². The minimum absolute atomic E-state index is 0.627. The number of nitrogens with zero attached hydrogens (tertiary/aromatic N) is 3. The number of rotatable bonds is 4. The second-order valence-electron chi connectivity index (χ2n) is 4.89. The van der Waals surface area contributed by atoms with Crippen molar-refractivity contribution in [2.45, 2.75) is 30.7 Å². The average molecular weight is 299 g/mol. The molecule has 21 heavy (non-hydrogen) atoms. The molecule has 1 aromatic carbocycles. The van der Waals surface area contributed by atoms with Crippen molar-refractivity contribution in [2.24, 2.45) is 0 Å². The highest BCUT2D eigenvalue weighted by atomic mass is 32.2. The predicted molar refractivity (Wildman–Crippen MR) is 85.9 cm³/mol. The Morgan fingerprint density at radius 2 is 2.10 bits per heavy atom. The lowest BCUT2D eigenvalue weighted by Crippen LogP contribution is -2.03. The first-order chi connectivity index (χ1) is 10.2. The first-order valence-corrected chi connectivity index (χ1v) is 7.69. The van der Waals surface area contributed by atoms with Crippen molar-refractivity contribution in [1.29, 1.82) is 0 Å². The molecular formula is C15H17N5S. The number of aromatic nitrogens is 4. The van der Waals surface area contributed by atoms with Crippen LogP contribution in [0.15, 0.2) is 34.3 Å². The molecule has 3 rings (SSSR count). The zero-order valence-electron chi connectivity index (χ0n) is 12.3. The molecule has 0 bridgehead atoms. The van der Waals surface area contributed by atoms with Gasteiger partial charge in [0.05, 0.1) is 11.6 Å². The number of aromatic amines is 1. The molecule has 0 spiro atoms. The van der Waals surface area contributed by atoms with Crippen LogP contribution in [0.4, 0.5) is 5.95 Å². The lowest BCUT2D eigenvalue weighted by atomic mass is 10.2. The molecule has 0 amide bonds. The van der Waals surface area contributed by atoms with Gasteiger partial charge in [0.15, 0.2) is 5.65 Å². The smallest absolute Gasteiger partial charge is 0.225 e. The molecule has 0 fully saturated rings. The molecule has 0 atom stereocenters. The van der Waals surface area contributed by atoms with Crippen LogP contribution >= 0.6 is 11.8 Å². The van der Waals surface area contributed by atoms with E-state index in [4.69, 9.17) is 0 Å². The third-order valence-electron chi connectivity index (χ3n) is 3.16. The van der Waals surface area contributed by atoms with Gasteiger partial charge in [-0.25, -0.2) is 4.98 Å². The summed E-state index contributed by atoms with van der Waals surface area (Å²) in [6.07, 6.45) is 1.78. The Bertz CT molecular complexity index is 781. The van der Waals surface area contributed by atoms with Gasteiger partial charge in [0.2, 0.25) is 5.95 Å². The minimum atomic E-state index is 0.627. The van der Waals surface area contributed by atoms with Gasteiger partial charge in [-0.2, -0.15) is 10.1 Å². The third-order valence-corrected chi connectivity index (χ3v) is 4.32. The number of aryl methyl sites for hydroxylation is 2. The van der Waals surface area contributed by atoms with Crippen molar-refractivity contribution < 1.29 is 0 Å². The van der Waals surface area contributed by atoms with E-state index in [9.17, 15) is 0 Å². The van der Waals surface area contributed by atoms with Gasteiger partial charge in [0.25, 0.3) is 0 Å². The molecule has 0 saturated heterocycles. The fourth-order valence-corrected chi connectivity index (χ4v) is 3.12. The summed E-state index contributed by atoms with van der Waals surface area (Å²) in [7, 11) is 0. The van der Waals surface area contributed by atoms with Gasteiger partial charge in [0, 0.05) is 11.4 Å². The third kappa shape index (κ3) is 2.85. The molecular weight excluding hydrogens is 282 g/mol. The highest BCUT2D eigenvalue weighted by molar-refractivity contribution is 7.99. The van der Waals surface area contributed by atoms with Crippen molar-refractivity contribution in [1.82, 2.24) is 20.2 Å². The van der Waals surface area contributed by atoms with Crippen molar-refractivity contribution in [2.75, 3.05) is 11.9 Å².